The molecule has 1 aromatic heterocycles. The lowest BCUT2D eigenvalue weighted by molar-refractivity contribution is 0.0973. The molecule has 2 aromatic carbocycles. The van der Waals surface area contributed by atoms with Crippen LogP contribution in [0.1, 0.15) is 32.9 Å². The van der Waals surface area contributed by atoms with Crippen LogP contribution in [0, 0.1) is 26.6 Å². The number of benzene rings is 2. The van der Waals surface area contributed by atoms with Crippen molar-refractivity contribution in [3.05, 3.63) is 81.4 Å². The zero-order chi connectivity index (χ0) is 21.8. The number of nitrogens with zero attached hydrogens (tertiary/aromatic N) is 3. The van der Waals surface area contributed by atoms with Crippen LogP contribution in [0.3, 0.4) is 0 Å². The van der Waals surface area contributed by atoms with Gasteiger partial charge in [-0.05, 0) is 56.7 Å². The van der Waals surface area contributed by atoms with Gasteiger partial charge in [0.25, 0.3) is 5.91 Å². The molecule has 0 aliphatic heterocycles. The van der Waals surface area contributed by atoms with Gasteiger partial charge in [0.15, 0.2) is 0 Å². The predicted molar refractivity (Wildman–Crippen MR) is 117 cm³/mol. The number of carbonyl (C=O) groups is 1. The molecule has 0 aliphatic carbocycles. The molecule has 0 fully saturated rings. The molecule has 0 saturated heterocycles. The van der Waals surface area contributed by atoms with Crippen molar-refractivity contribution in [3.63, 3.8) is 0 Å². The summed E-state index contributed by atoms with van der Waals surface area (Å²) in [6.45, 7) is 6.06. The van der Waals surface area contributed by atoms with E-state index in [4.69, 9.17) is 11.6 Å². The standard InChI is InChI=1S/C22H23ClFN5O/c1-13-11-16(23)9-10-20(13)26-22(25-12-18-14(2)28-29(4)15(18)3)27-21(30)17-7-5-6-8-19(17)24/h5-11H,12H2,1-4H3,(H2,25,26,27,30). The zero-order valence-corrected chi connectivity index (χ0v) is 18.0. The lowest BCUT2D eigenvalue weighted by Crippen LogP contribution is -2.36. The minimum absolute atomic E-state index is 0.0615. The topological polar surface area (TPSA) is 71.3 Å². The van der Waals surface area contributed by atoms with E-state index in [1.807, 2.05) is 27.8 Å². The Balaban J connectivity index is 1.91. The number of aryl methyl sites for hydroxylation is 3. The normalized spacial score (nSPS) is 11.5. The second-order valence-electron chi connectivity index (χ2n) is 6.96. The lowest BCUT2D eigenvalue weighted by atomic mass is 10.2. The Morgan fingerprint density at radius 2 is 1.93 bits per heavy atom. The number of rotatable bonds is 4. The smallest absolute Gasteiger partial charge is 0.260 e. The molecule has 0 bridgehead atoms. The van der Waals surface area contributed by atoms with E-state index in [9.17, 15) is 9.18 Å². The predicted octanol–water partition coefficient (Wildman–Crippen LogP) is 4.54. The molecule has 156 valence electrons. The summed E-state index contributed by atoms with van der Waals surface area (Å²) in [5, 5.41) is 10.8. The summed E-state index contributed by atoms with van der Waals surface area (Å²) >= 11 is 6.03. The van der Waals surface area contributed by atoms with Crippen molar-refractivity contribution < 1.29 is 9.18 Å². The highest BCUT2D eigenvalue weighted by Crippen LogP contribution is 2.20. The van der Waals surface area contributed by atoms with Gasteiger partial charge in [-0.3, -0.25) is 14.8 Å². The number of anilines is 1. The molecule has 3 rings (SSSR count). The number of carbonyl (C=O) groups excluding carboxylic acids is 1. The fourth-order valence-electron chi connectivity index (χ4n) is 3.03. The van der Waals surface area contributed by atoms with Gasteiger partial charge in [0.2, 0.25) is 5.96 Å². The Morgan fingerprint density at radius 3 is 2.57 bits per heavy atom. The minimum atomic E-state index is -0.601. The molecule has 0 atom stereocenters. The summed E-state index contributed by atoms with van der Waals surface area (Å²) in [4.78, 5) is 17.2. The summed E-state index contributed by atoms with van der Waals surface area (Å²) in [5.41, 5.74) is 4.36. The van der Waals surface area contributed by atoms with Crippen molar-refractivity contribution in [2.45, 2.75) is 27.3 Å². The maximum atomic E-state index is 14.0. The quantitative estimate of drug-likeness (QED) is 0.474. The molecule has 0 aliphatic rings. The highest BCUT2D eigenvalue weighted by Gasteiger charge is 2.15. The number of amides is 1. The van der Waals surface area contributed by atoms with Crippen molar-refractivity contribution in [1.29, 1.82) is 0 Å². The van der Waals surface area contributed by atoms with E-state index in [2.05, 4.69) is 20.7 Å². The van der Waals surface area contributed by atoms with Gasteiger partial charge in [0.1, 0.15) is 5.82 Å². The Kier molecular flexibility index (Phi) is 6.52. The molecule has 0 radical (unpaired) electrons. The van der Waals surface area contributed by atoms with Crippen molar-refractivity contribution in [1.82, 2.24) is 15.1 Å². The lowest BCUT2D eigenvalue weighted by Gasteiger charge is -2.14. The third kappa shape index (κ3) is 4.86. The van der Waals surface area contributed by atoms with Crippen LogP contribution in [0.4, 0.5) is 10.1 Å². The van der Waals surface area contributed by atoms with Crippen molar-refractivity contribution in [2.24, 2.45) is 12.0 Å². The van der Waals surface area contributed by atoms with Crippen LogP contribution < -0.4 is 10.6 Å². The molecule has 1 heterocycles. The molecule has 0 spiro atoms. The first-order chi connectivity index (χ1) is 14.3. The molecular weight excluding hydrogens is 405 g/mol. The molecular formula is C22H23ClFN5O. The molecule has 3 aromatic rings. The van der Waals surface area contributed by atoms with Gasteiger partial charge in [-0.15, -0.1) is 0 Å². The number of halogens is 2. The van der Waals surface area contributed by atoms with E-state index < -0.39 is 11.7 Å². The monoisotopic (exact) mass is 427 g/mol. The Labute approximate surface area is 179 Å². The molecule has 2 N–H and O–H groups in total. The van der Waals surface area contributed by atoms with Gasteiger partial charge in [-0.25, -0.2) is 9.38 Å². The molecule has 0 saturated carbocycles. The van der Waals surface area contributed by atoms with Crippen molar-refractivity contribution in [3.8, 4) is 0 Å². The van der Waals surface area contributed by atoms with Crippen LogP contribution in [0.5, 0.6) is 0 Å². The zero-order valence-electron chi connectivity index (χ0n) is 17.3. The fraction of sp³-hybridized carbons (Fsp3) is 0.227. The van der Waals surface area contributed by atoms with E-state index in [1.165, 1.54) is 18.2 Å². The number of hydrogen-bond donors (Lipinski definition) is 2. The van der Waals surface area contributed by atoms with Gasteiger partial charge >= 0.3 is 0 Å². The number of guanidine groups is 1. The number of hydrogen-bond acceptors (Lipinski definition) is 3. The number of aromatic nitrogens is 2. The SMILES string of the molecule is Cc1cc(Cl)ccc1NC(=NCc1c(C)nn(C)c1C)NC(=O)c1ccccc1F. The summed E-state index contributed by atoms with van der Waals surface area (Å²) in [7, 11) is 1.87. The van der Waals surface area contributed by atoms with Gasteiger partial charge in [0, 0.05) is 29.0 Å². The average molecular weight is 428 g/mol. The first kappa shape index (κ1) is 21.5. The maximum absolute atomic E-state index is 14.0. The van der Waals surface area contributed by atoms with Gasteiger partial charge in [0.05, 0.1) is 17.8 Å². The first-order valence-electron chi connectivity index (χ1n) is 9.39. The second-order valence-corrected chi connectivity index (χ2v) is 7.39. The van der Waals surface area contributed by atoms with Gasteiger partial charge < -0.3 is 5.32 Å². The Hall–Kier alpha value is -3.19. The third-order valence-corrected chi connectivity index (χ3v) is 5.08. The fourth-order valence-corrected chi connectivity index (χ4v) is 3.26. The molecule has 0 unspecified atom stereocenters. The highest BCUT2D eigenvalue weighted by molar-refractivity contribution is 6.30. The summed E-state index contributed by atoms with van der Waals surface area (Å²) in [6, 6.07) is 11.1. The number of aliphatic imine (C=N–C) groups is 1. The van der Waals surface area contributed by atoms with Gasteiger partial charge in [-0.1, -0.05) is 23.7 Å². The van der Waals surface area contributed by atoms with Crippen molar-refractivity contribution >= 4 is 29.2 Å². The van der Waals surface area contributed by atoms with Crippen molar-refractivity contribution in [2.75, 3.05) is 5.32 Å². The van der Waals surface area contributed by atoms with Crippen LogP contribution in [-0.4, -0.2) is 21.6 Å². The maximum Gasteiger partial charge on any atom is 0.260 e. The summed E-state index contributed by atoms with van der Waals surface area (Å²) < 4.78 is 15.8. The molecule has 30 heavy (non-hydrogen) atoms. The largest absolute Gasteiger partial charge is 0.326 e. The van der Waals surface area contributed by atoms with E-state index in [-0.39, 0.29) is 11.5 Å². The van der Waals surface area contributed by atoms with E-state index in [0.29, 0.717) is 11.6 Å². The van der Waals surface area contributed by atoms with Gasteiger partial charge in [-0.2, -0.15) is 5.10 Å². The van der Waals surface area contributed by atoms with Crippen LogP contribution in [0.2, 0.25) is 5.02 Å². The van der Waals surface area contributed by atoms with E-state index in [1.54, 1.807) is 28.9 Å². The van der Waals surface area contributed by atoms with Crippen LogP contribution in [-0.2, 0) is 13.6 Å². The van der Waals surface area contributed by atoms with E-state index in [0.717, 1.165) is 28.2 Å². The Morgan fingerprint density at radius 1 is 1.20 bits per heavy atom. The molecule has 1 amide bonds. The third-order valence-electron chi connectivity index (χ3n) is 4.85. The van der Waals surface area contributed by atoms with Crippen LogP contribution in [0.25, 0.3) is 0 Å². The second kappa shape index (κ2) is 9.09. The van der Waals surface area contributed by atoms with Crippen LogP contribution in [0.15, 0.2) is 47.5 Å². The van der Waals surface area contributed by atoms with E-state index >= 15 is 0 Å². The van der Waals surface area contributed by atoms with Crippen LogP contribution >= 0.6 is 11.6 Å². The first-order valence-corrected chi connectivity index (χ1v) is 9.76. The summed E-state index contributed by atoms with van der Waals surface area (Å²) in [5.74, 6) is -0.988. The highest BCUT2D eigenvalue weighted by atomic mass is 35.5. The average Bonchev–Trinajstić information content (AvgIpc) is 2.93. The number of nitrogens with one attached hydrogen (secondary N) is 2. The summed E-state index contributed by atoms with van der Waals surface area (Å²) in [6.07, 6.45) is 0. The molecule has 6 nitrogen and oxygen atoms in total. The minimum Gasteiger partial charge on any atom is -0.326 e. The molecule has 8 heteroatoms. The Bertz CT molecular complexity index is 1120.